The van der Waals surface area contributed by atoms with Crippen LogP contribution in [0.2, 0.25) is 0 Å². The van der Waals surface area contributed by atoms with Crippen LogP contribution >= 0.6 is 0 Å². The summed E-state index contributed by atoms with van der Waals surface area (Å²) in [5, 5.41) is 2.39. The van der Waals surface area contributed by atoms with Crippen LogP contribution in [-0.4, -0.2) is 42.2 Å². The van der Waals surface area contributed by atoms with E-state index in [-0.39, 0.29) is 24.5 Å². The van der Waals surface area contributed by atoms with Gasteiger partial charge in [0.05, 0.1) is 5.92 Å². The van der Waals surface area contributed by atoms with Crippen LogP contribution in [0.1, 0.15) is 36.2 Å². The lowest BCUT2D eigenvalue weighted by Crippen LogP contribution is -2.48. The standard InChI is InChI=1S/C14H19F3N4O2/c1-21(2)13-19-10(7-11(22)20-13)12(23)18-9-6-4-3-5-8(9)14(15,16)17/h7-9H,3-6H2,1-2H3,(H,18,23)(H,19,20,22)/t8-,9-/m1/s1. The van der Waals surface area contributed by atoms with Gasteiger partial charge in [0.15, 0.2) is 0 Å². The highest BCUT2D eigenvalue weighted by Gasteiger charge is 2.46. The zero-order valence-electron chi connectivity index (χ0n) is 12.9. The summed E-state index contributed by atoms with van der Waals surface area (Å²) in [7, 11) is 3.25. The van der Waals surface area contributed by atoms with Crippen LogP contribution in [-0.2, 0) is 0 Å². The Kier molecular flexibility index (Phi) is 4.96. The van der Waals surface area contributed by atoms with Crippen molar-refractivity contribution in [2.75, 3.05) is 19.0 Å². The number of hydrogen-bond donors (Lipinski definition) is 2. The number of halogens is 3. The number of carbonyl (C=O) groups excluding carboxylic acids is 1. The average Bonchev–Trinajstić information content (AvgIpc) is 2.46. The summed E-state index contributed by atoms with van der Waals surface area (Å²) in [6, 6.07) is -0.00606. The van der Waals surface area contributed by atoms with Gasteiger partial charge in [0.1, 0.15) is 5.69 Å². The van der Waals surface area contributed by atoms with E-state index in [0.29, 0.717) is 12.8 Å². The van der Waals surface area contributed by atoms with E-state index in [4.69, 9.17) is 0 Å². The van der Waals surface area contributed by atoms with Gasteiger partial charge in [-0.25, -0.2) is 4.98 Å². The van der Waals surface area contributed by atoms with Crippen LogP contribution in [0.25, 0.3) is 0 Å². The van der Waals surface area contributed by atoms with Crippen molar-refractivity contribution in [3.05, 3.63) is 22.1 Å². The van der Waals surface area contributed by atoms with Crippen molar-refractivity contribution in [2.45, 2.75) is 37.9 Å². The molecule has 0 spiro atoms. The number of alkyl halides is 3. The highest BCUT2D eigenvalue weighted by Crippen LogP contribution is 2.37. The number of nitrogens with zero attached hydrogens (tertiary/aromatic N) is 2. The van der Waals surface area contributed by atoms with E-state index in [0.717, 1.165) is 6.07 Å². The lowest BCUT2D eigenvalue weighted by atomic mass is 9.84. The first-order valence-electron chi connectivity index (χ1n) is 7.34. The third-order valence-corrected chi connectivity index (χ3v) is 3.89. The van der Waals surface area contributed by atoms with E-state index in [1.54, 1.807) is 14.1 Å². The van der Waals surface area contributed by atoms with Crippen molar-refractivity contribution < 1.29 is 18.0 Å². The molecule has 1 heterocycles. The van der Waals surface area contributed by atoms with Gasteiger partial charge in [-0.05, 0) is 12.8 Å². The first-order chi connectivity index (χ1) is 10.7. The molecule has 0 aliphatic heterocycles. The monoisotopic (exact) mass is 332 g/mol. The highest BCUT2D eigenvalue weighted by atomic mass is 19.4. The number of amides is 1. The fraction of sp³-hybridized carbons (Fsp3) is 0.643. The number of H-pyrrole nitrogens is 1. The third kappa shape index (κ3) is 4.23. The van der Waals surface area contributed by atoms with Crippen LogP contribution < -0.4 is 15.8 Å². The Hall–Kier alpha value is -2.06. The molecule has 0 radical (unpaired) electrons. The van der Waals surface area contributed by atoms with Gasteiger partial charge in [0.25, 0.3) is 11.5 Å². The van der Waals surface area contributed by atoms with Gasteiger partial charge in [0.2, 0.25) is 5.95 Å². The molecule has 2 rings (SSSR count). The van der Waals surface area contributed by atoms with Crippen molar-refractivity contribution in [3.8, 4) is 0 Å². The molecule has 1 aliphatic rings. The highest BCUT2D eigenvalue weighted by molar-refractivity contribution is 5.92. The largest absolute Gasteiger partial charge is 0.393 e. The molecule has 1 fully saturated rings. The minimum absolute atomic E-state index is 0.000194. The van der Waals surface area contributed by atoms with Gasteiger partial charge in [-0.1, -0.05) is 12.8 Å². The van der Waals surface area contributed by atoms with Crippen molar-refractivity contribution in [3.63, 3.8) is 0 Å². The Morgan fingerprint density at radius 3 is 2.61 bits per heavy atom. The number of nitrogens with one attached hydrogen (secondary N) is 2. The Balaban J connectivity index is 2.19. The molecule has 2 atom stereocenters. The summed E-state index contributed by atoms with van der Waals surface area (Å²) in [6.45, 7) is 0. The Labute approximate surface area is 131 Å². The third-order valence-electron chi connectivity index (χ3n) is 3.89. The first kappa shape index (κ1) is 17.3. The van der Waals surface area contributed by atoms with Crippen molar-refractivity contribution in [1.82, 2.24) is 15.3 Å². The molecule has 9 heteroatoms. The van der Waals surface area contributed by atoms with Crippen LogP contribution in [0.4, 0.5) is 19.1 Å². The zero-order chi connectivity index (χ0) is 17.2. The smallest absolute Gasteiger partial charge is 0.348 e. The summed E-state index contributed by atoms with van der Waals surface area (Å²) < 4.78 is 39.1. The fourth-order valence-electron chi connectivity index (χ4n) is 2.71. The molecule has 1 aromatic heterocycles. The first-order valence-corrected chi connectivity index (χ1v) is 7.34. The average molecular weight is 332 g/mol. The maximum atomic E-state index is 13.0. The molecule has 1 saturated carbocycles. The maximum Gasteiger partial charge on any atom is 0.393 e. The molecule has 0 unspecified atom stereocenters. The Morgan fingerprint density at radius 2 is 2.00 bits per heavy atom. The van der Waals surface area contributed by atoms with Crippen LogP contribution in [0.5, 0.6) is 0 Å². The van der Waals surface area contributed by atoms with Crippen molar-refractivity contribution in [1.29, 1.82) is 0 Å². The van der Waals surface area contributed by atoms with E-state index >= 15 is 0 Å². The second kappa shape index (κ2) is 6.59. The lowest BCUT2D eigenvalue weighted by Gasteiger charge is -2.33. The van der Waals surface area contributed by atoms with Gasteiger partial charge in [0, 0.05) is 26.2 Å². The number of rotatable bonds is 3. The predicted molar refractivity (Wildman–Crippen MR) is 78.5 cm³/mol. The second-order valence-corrected chi connectivity index (χ2v) is 5.86. The zero-order valence-corrected chi connectivity index (χ0v) is 12.9. The van der Waals surface area contributed by atoms with Gasteiger partial charge in [-0.15, -0.1) is 0 Å². The van der Waals surface area contributed by atoms with Gasteiger partial charge < -0.3 is 10.2 Å². The fourth-order valence-corrected chi connectivity index (χ4v) is 2.71. The van der Waals surface area contributed by atoms with Crippen LogP contribution in [0.15, 0.2) is 10.9 Å². The quantitative estimate of drug-likeness (QED) is 0.883. The minimum Gasteiger partial charge on any atom is -0.348 e. The minimum atomic E-state index is -4.35. The van der Waals surface area contributed by atoms with Crippen LogP contribution in [0.3, 0.4) is 0 Å². The van der Waals surface area contributed by atoms with Gasteiger partial charge in [-0.3, -0.25) is 14.6 Å². The molecule has 128 valence electrons. The summed E-state index contributed by atoms with van der Waals surface area (Å²) in [5.41, 5.74) is -0.728. The Morgan fingerprint density at radius 1 is 1.35 bits per heavy atom. The van der Waals surface area contributed by atoms with Gasteiger partial charge in [-0.2, -0.15) is 13.2 Å². The predicted octanol–water partition coefficient (Wildman–Crippen LogP) is 1.69. The topological polar surface area (TPSA) is 78.1 Å². The molecule has 23 heavy (non-hydrogen) atoms. The molecule has 0 aromatic carbocycles. The molecular weight excluding hydrogens is 313 g/mol. The SMILES string of the molecule is CN(C)c1nc(C(=O)N[C@@H]2CCCC[C@H]2C(F)(F)F)cc(=O)[nH]1. The normalized spacial score (nSPS) is 21.8. The molecule has 1 aromatic rings. The van der Waals surface area contributed by atoms with Crippen LogP contribution in [0, 0.1) is 5.92 Å². The number of aromatic amines is 1. The molecular formula is C14H19F3N4O2. The summed E-state index contributed by atoms with van der Waals surface area (Å²) in [5.74, 6) is -2.16. The van der Waals surface area contributed by atoms with Gasteiger partial charge >= 0.3 is 6.18 Å². The van der Waals surface area contributed by atoms with E-state index in [9.17, 15) is 22.8 Å². The van der Waals surface area contributed by atoms with Crippen molar-refractivity contribution in [2.24, 2.45) is 5.92 Å². The molecule has 2 N–H and O–H groups in total. The van der Waals surface area contributed by atoms with E-state index in [2.05, 4.69) is 15.3 Å². The number of anilines is 1. The summed E-state index contributed by atoms with van der Waals surface area (Å²) >= 11 is 0. The number of aromatic nitrogens is 2. The lowest BCUT2D eigenvalue weighted by molar-refractivity contribution is -0.187. The summed E-state index contributed by atoms with van der Waals surface area (Å²) in [6.07, 6.45) is -2.97. The number of carbonyl (C=O) groups is 1. The van der Waals surface area contributed by atoms with E-state index in [1.807, 2.05) is 0 Å². The molecule has 1 amide bonds. The van der Waals surface area contributed by atoms with E-state index < -0.39 is 29.6 Å². The second-order valence-electron chi connectivity index (χ2n) is 5.86. The molecule has 6 nitrogen and oxygen atoms in total. The molecule has 0 bridgehead atoms. The molecule has 1 aliphatic carbocycles. The molecule has 0 saturated heterocycles. The van der Waals surface area contributed by atoms with E-state index in [1.165, 1.54) is 4.90 Å². The van der Waals surface area contributed by atoms with Crippen molar-refractivity contribution >= 4 is 11.9 Å². The Bertz CT molecular complexity index is 627. The number of hydrogen-bond acceptors (Lipinski definition) is 4. The maximum absolute atomic E-state index is 13.0. The summed E-state index contributed by atoms with van der Waals surface area (Å²) in [4.78, 5) is 31.7.